The average Bonchev–Trinajstić information content (AvgIpc) is 3.55. The zero-order chi connectivity index (χ0) is 17.7. The molecule has 0 unspecified atom stereocenters. The van der Waals surface area contributed by atoms with Crippen molar-refractivity contribution in [1.82, 2.24) is 14.6 Å². The van der Waals surface area contributed by atoms with Crippen LogP contribution in [-0.2, 0) is 6.42 Å². The Bertz CT molecular complexity index is 948. The van der Waals surface area contributed by atoms with Crippen molar-refractivity contribution in [2.24, 2.45) is 11.8 Å². The van der Waals surface area contributed by atoms with Crippen LogP contribution in [0.2, 0.25) is 5.02 Å². The van der Waals surface area contributed by atoms with Gasteiger partial charge in [-0.1, -0.05) is 23.7 Å². The zero-order valence-electron chi connectivity index (χ0n) is 14.3. The number of pyridine rings is 1. The molecule has 0 spiro atoms. The van der Waals surface area contributed by atoms with Gasteiger partial charge in [0.1, 0.15) is 16.7 Å². The minimum atomic E-state index is -0.182. The average molecular weight is 371 g/mol. The third-order valence-corrected chi connectivity index (χ3v) is 5.91. The van der Waals surface area contributed by atoms with E-state index in [4.69, 9.17) is 11.6 Å². The van der Waals surface area contributed by atoms with E-state index in [-0.39, 0.29) is 5.82 Å². The van der Waals surface area contributed by atoms with E-state index in [2.05, 4.69) is 15.5 Å². The molecule has 5 rings (SSSR count). The fourth-order valence-corrected chi connectivity index (χ4v) is 3.92. The van der Waals surface area contributed by atoms with Crippen LogP contribution < -0.4 is 5.32 Å². The van der Waals surface area contributed by atoms with E-state index in [9.17, 15) is 4.39 Å². The Hall–Kier alpha value is -2.14. The maximum Gasteiger partial charge on any atom is 0.181 e. The maximum atomic E-state index is 13.0. The van der Waals surface area contributed by atoms with E-state index >= 15 is 0 Å². The molecule has 2 heterocycles. The highest BCUT2D eigenvalue weighted by Gasteiger charge is 2.38. The van der Waals surface area contributed by atoms with Gasteiger partial charge in [-0.3, -0.25) is 4.40 Å². The van der Waals surface area contributed by atoms with Gasteiger partial charge in [-0.15, -0.1) is 10.2 Å². The second kappa shape index (κ2) is 6.23. The second-order valence-electron chi connectivity index (χ2n) is 7.54. The van der Waals surface area contributed by atoms with E-state index in [1.165, 1.54) is 30.5 Å². The number of benzene rings is 1. The van der Waals surface area contributed by atoms with Crippen molar-refractivity contribution < 1.29 is 4.39 Å². The first-order chi connectivity index (χ1) is 12.7. The number of nitrogens with one attached hydrogen (secondary N) is 1. The molecule has 2 aliphatic carbocycles. The highest BCUT2D eigenvalue weighted by molar-refractivity contribution is 6.36. The molecular formula is C20H20ClFN4. The number of fused-ring (bicyclic) bond motifs is 1. The Morgan fingerprint density at radius 1 is 1.15 bits per heavy atom. The minimum Gasteiger partial charge on any atom is -0.383 e. The Morgan fingerprint density at radius 3 is 2.73 bits per heavy atom. The molecule has 134 valence electrons. The van der Waals surface area contributed by atoms with Crippen LogP contribution in [0.15, 0.2) is 36.5 Å². The Kier molecular flexibility index (Phi) is 3.85. The lowest BCUT2D eigenvalue weighted by Gasteiger charge is -2.09. The van der Waals surface area contributed by atoms with Crippen molar-refractivity contribution in [2.75, 3.05) is 11.9 Å². The van der Waals surface area contributed by atoms with E-state index in [1.54, 1.807) is 0 Å². The molecule has 6 heteroatoms. The van der Waals surface area contributed by atoms with Crippen LogP contribution in [0, 0.1) is 17.7 Å². The first-order valence-corrected chi connectivity index (χ1v) is 9.58. The minimum absolute atomic E-state index is 0.182. The normalized spacial score (nSPS) is 21.9. The van der Waals surface area contributed by atoms with E-state index in [0.29, 0.717) is 16.9 Å². The first-order valence-electron chi connectivity index (χ1n) is 9.20. The van der Waals surface area contributed by atoms with Gasteiger partial charge >= 0.3 is 0 Å². The summed E-state index contributed by atoms with van der Waals surface area (Å²) in [6.45, 7) is 0.848. The summed E-state index contributed by atoms with van der Waals surface area (Å²) in [5.74, 6) is 2.63. The largest absolute Gasteiger partial charge is 0.383 e. The summed E-state index contributed by atoms with van der Waals surface area (Å²) in [4.78, 5) is 0. The van der Waals surface area contributed by atoms with Gasteiger partial charge in [0.25, 0.3) is 0 Å². The molecule has 0 aliphatic heterocycles. The summed E-state index contributed by atoms with van der Waals surface area (Å²) in [5.41, 5.74) is 2.83. The van der Waals surface area contributed by atoms with Crippen molar-refractivity contribution in [3.63, 3.8) is 0 Å². The lowest BCUT2D eigenvalue weighted by Crippen LogP contribution is -2.06. The van der Waals surface area contributed by atoms with E-state index in [1.807, 2.05) is 28.8 Å². The van der Waals surface area contributed by atoms with Crippen LogP contribution in [0.5, 0.6) is 0 Å². The predicted octanol–water partition coefficient (Wildman–Crippen LogP) is 4.69. The number of nitrogens with zero attached hydrogens (tertiary/aromatic N) is 3. The predicted molar refractivity (Wildman–Crippen MR) is 100 cm³/mol. The number of hydrogen-bond donors (Lipinski definition) is 1. The molecule has 2 saturated carbocycles. The molecular weight excluding hydrogens is 351 g/mol. The van der Waals surface area contributed by atoms with Crippen molar-refractivity contribution >= 4 is 22.9 Å². The summed E-state index contributed by atoms with van der Waals surface area (Å²) < 4.78 is 15.0. The van der Waals surface area contributed by atoms with E-state index < -0.39 is 0 Å². The summed E-state index contributed by atoms with van der Waals surface area (Å²) in [6.07, 6.45) is 6.68. The Balaban J connectivity index is 1.26. The van der Waals surface area contributed by atoms with Gasteiger partial charge in [0.15, 0.2) is 5.65 Å². The molecule has 3 aromatic rings. The fourth-order valence-electron chi connectivity index (χ4n) is 3.66. The Labute approximate surface area is 156 Å². The van der Waals surface area contributed by atoms with Crippen molar-refractivity contribution in [2.45, 2.75) is 31.6 Å². The van der Waals surface area contributed by atoms with Crippen molar-refractivity contribution in [3.8, 4) is 0 Å². The van der Waals surface area contributed by atoms with Gasteiger partial charge < -0.3 is 5.32 Å². The molecule has 1 aromatic carbocycles. The van der Waals surface area contributed by atoms with Crippen LogP contribution in [0.3, 0.4) is 0 Å². The summed E-state index contributed by atoms with van der Waals surface area (Å²) in [6, 6.07) is 8.85. The molecule has 0 saturated heterocycles. The van der Waals surface area contributed by atoms with Gasteiger partial charge in [0, 0.05) is 19.2 Å². The molecule has 0 amide bonds. The van der Waals surface area contributed by atoms with Gasteiger partial charge in [-0.05, 0) is 60.8 Å². The Morgan fingerprint density at radius 2 is 1.96 bits per heavy atom. The molecule has 26 heavy (non-hydrogen) atoms. The quantitative estimate of drug-likeness (QED) is 0.684. The van der Waals surface area contributed by atoms with Gasteiger partial charge in [-0.2, -0.15) is 0 Å². The highest BCUT2D eigenvalue weighted by Crippen LogP contribution is 2.47. The summed E-state index contributed by atoms with van der Waals surface area (Å²) in [5, 5.41) is 12.7. The van der Waals surface area contributed by atoms with Crippen LogP contribution in [0.25, 0.3) is 5.65 Å². The van der Waals surface area contributed by atoms with Crippen LogP contribution >= 0.6 is 11.6 Å². The van der Waals surface area contributed by atoms with Crippen LogP contribution in [0.1, 0.15) is 36.6 Å². The van der Waals surface area contributed by atoms with Gasteiger partial charge in [-0.25, -0.2) is 4.39 Å². The molecule has 1 N–H and O–H groups in total. The third-order valence-electron chi connectivity index (χ3n) is 5.53. The smallest absolute Gasteiger partial charge is 0.181 e. The SMILES string of the molecule is Fc1ccc([C@H]2C[C@@H]2CNc2ccn3c(CC4CC4)nnc3c2Cl)cc1. The van der Waals surface area contributed by atoms with Crippen LogP contribution in [-0.4, -0.2) is 21.1 Å². The molecule has 2 aromatic heterocycles. The topological polar surface area (TPSA) is 42.2 Å². The monoisotopic (exact) mass is 370 g/mol. The molecule has 4 nitrogen and oxygen atoms in total. The number of halogens is 2. The maximum absolute atomic E-state index is 13.0. The molecule has 0 radical (unpaired) electrons. The number of rotatable bonds is 6. The third kappa shape index (κ3) is 3.05. The second-order valence-corrected chi connectivity index (χ2v) is 7.91. The van der Waals surface area contributed by atoms with Crippen molar-refractivity contribution in [1.29, 1.82) is 0 Å². The standard InChI is InChI=1S/C20H20ClFN4/c21-19-17(7-8-26-18(9-12-1-2-12)24-25-20(19)26)23-11-14-10-16(14)13-3-5-15(22)6-4-13/h3-8,12,14,16,23H,1-2,9-11H2/t14-,16-/m1/s1. The highest BCUT2D eigenvalue weighted by atomic mass is 35.5. The number of anilines is 1. The summed E-state index contributed by atoms with van der Waals surface area (Å²) in [7, 11) is 0. The van der Waals surface area contributed by atoms with Crippen molar-refractivity contribution in [3.05, 3.63) is 58.8 Å². The lowest BCUT2D eigenvalue weighted by molar-refractivity contribution is 0.627. The number of hydrogen-bond acceptors (Lipinski definition) is 3. The molecule has 2 fully saturated rings. The number of aromatic nitrogens is 3. The first kappa shape index (κ1) is 16.1. The fraction of sp³-hybridized carbons (Fsp3) is 0.400. The van der Waals surface area contributed by atoms with Crippen LogP contribution in [0.4, 0.5) is 10.1 Å². The lowest BCUT2D eigenvalue weighted by atomic mass is 10.1. The summed E-state index contributed by atoms with van der Waals surface area (Å²) >= 11 is 6.55. The van der Waals surface area contributed by atoms with Gasteiger partial charge in [0.05, 0.1) is 5.69 Å². The molecule has 2 aliphatic rings. The van der Waals surface area contributed by atoms with E-state index in [0.717, 1.165) is 42.5 Å². The molecule has 0 bridgehead atoms. The van der Waals surface area contributed by atoms with Gasteiger partial charge in [0.2, 0.25) is 0 Å². The zero-order valence-corrected chi connectivity index (χ0v) is 15.1. The molecule has 2 atom stereocenters.